The summed E-state index contributed by atoms with van der Waals surface area (Å²) in [7, 11) is 0. The minimum Gasteiger partial charge on any atom is -0.338 e. The maximum absolute atomic E-state index is 12.6. The molecule has 1 aliphatic rings. The van der Waals surface area contributed by atoms with E-state index in [0.29, 0.717) is 12.5 Å². The zero-order valence-electron chi connectivity index (χ0n) is 12.1. The fraction of sp³-hybridized carbons (Fsp3) is 0.562. The van der Waals surface area contributed by atoms with Crippen molar-refractivity contribution in [3.05, 3.63) is 34.3 Å². The summed E-state index contributed by atoms with van der Waals surface area (Å²) in [5.74, 6) is 0.253. The molecular weight excluding hydrogens is 316 g/mol. The summed E-state index contributed by atoms with van der Waals surface area (Å²) >= 11 is 3.42. The maximum Gasteiger partial charge on any atom is 0.227 e. The molecule has 1 fully saturated rings. The van der Waals surface area contributed by atoms with Gasteiger partial charge in [0.1, 0.15) is 0 Å². The number of hydrogen-bond donors (Lipinski definition) is 1. The highest BCUT2D eigenvalue weighted by Gasteiger charge is 2.24. The van der Waals surface area contributed by atoms with E-state index < -0.39 is 0 Å². The van der Waals surface area contributed by atoms with Gasteiger partial charge in [-0.2, -0.15) is 0 Å². The average Bonchev–Trinajstić information content (AvgIpc) is 2.48. The topological polar surface area (TPSA) is 32.3 Å². The molecule has 1 heterocycles. The molecule has 1 saturated heterocycles. The van der Waals surface area contributed by atoms with Crippen LogP contribution in [-0.4, -0.2) is 36.5 Å². The average molecular weight is 339 g/mol. The van der Waals surface area contributed by atoms with Crippen LogP contribution >= 0.6 is 15.9 Å². The second-order valence-corrected chi connectivity index (χ2v) is 6.31. The number of halogens is 1. The van der Waals surface area contributed by atoms with Crippen LogP contribution in [0.25, 0.3) is 0 Å². The molecule has 0 aromatic heterocycles. The fourth-order valence-corrected chi connectivity index (χ4v) is 2.99. The molecule has 1 atom stereocenters. The van der Waals surface area contributed by atoms with Gasteiger partial charge in [-0.25, -0.2) is 0 Å². The van der Waals surface area contributed by atoms with Crippen molar-refractivity contribution in [1.82, 2.24) is 10.2 Å². The van der Waals surface area contributed by atoms with Crippen LogP contribution in [0.1, 0.15) is 31.7 Å². The number of amides is 1. The van der Waals surface area contributed by atoms with Crippen LogP contribution < -0.4 is 5.32 Å². The first-order chi connectivity index (χ1) is 9.70. The number of hydrogen-bond acceptors (Lipinski definition) is 2. The number of benzene rings is 1. The molecule has 2 rings (SSSR count). The van der Waals surface area contributed by atoms with Gasteiger partial charge in [0.2, 0.25) is 5.91 Å². The fourth-order valence-electron chi connectivity index (χ4n) is 2.73. The van der Waals surface area contributed by atoms with Gasteiger partial charge in [0.25, 0.3) is 0 Å². The largest absolute Gasteiger partial charge is 0.338 e. The van der Waals surface area contributed by atoms with Crippen LogP contribution in [0, 0.1) is 0 Å². The monoisotopic (exact) mass is 338 g/mol. The Kier molecular flexibility index (Phi) is 6.05. The Balaban J connectivity index is 2.00. The van der Waals surface area contributed by atoms with Gasteiger partial charge in [0.05, 0.1) is 6.42 Å². The number of nitrogens with one attached hydrogen (secondary N) is 1. The van der Waals surface area contributed by atoms with Crippen molar-refractivity contribution >= 4 is 21.8 Å². The molecule has 0 radical (unpaired) electrons. The highest BCUT2D eigenvalue weighted by molar-refractivity contribution is 9.10. The van der Waals surface area contributed by atoms with Gasteiger partial charge in [-0.15, -0.1) is 0 Å². The van der Waals surface area contributed by atoms with Crippen LogP contribution in [0.2, 0.25) is 0 Å². The van der Waals surface area contributed by atoms with Crippen LogP contribution in [0.15, 0.2) is 28.7 Å². The lowest BCUT2D eigenvalue weighted by atomic mass is 10.0. The SMILES string of the molecule is CCCN(C(=O)Cc1ccc(Br)cc1)C1CCCNC1. The normalized spacial score (nSPS) is 18.8. The van der Waals surface area contributed by atoms with E-state index in [4.69, 9.17) is 0 Å². The summed E-state index contributed by atoms with van der Waals surface area (Å²) in [4.78, 5) is 14.7. The molecule has 20 heavy (non-hydrogen) atoms. The summed E-state index contributed by atoms with van der Waals surface area (Å²) in [6.45, 7) is 5.02. The number of piperidine rings is 1. The second-order valence-electron chi connectivity index (χ2n) is 5.39. The number of carbonyl (C=O) groups excluding carboxylic acids is 1. The number of nitrogens with zero attached hydrogens (tertiary/aromatic N) is 1. The lowest BCUT2D eigenvalue weighted by Crippen LogP contribution is -2.49. The third-order valence-electron chi connectivity index (χ3n) is 3.77. The minimum absolute atomic E-state index is 0.253. The quantitative estimate of drug-likeness (QED) is 0.895. The van der Waals surface area contributed by atoms with Crippen LogP contribution in [-0.2, 0) is 11.2 Å². The summed E-state index contributed by atoms with van der Waals surface area (Å²) in [5.41, 5.74) is 1.09. The van der Waals surface area contributed by atoms with E-state index in [0.717, 1.165) is 48.9 Å². The third-order valence-corrected chi connectivity index (χ3v) is 4.29. The summed E-state index contributed by atoms with van der Waals surface area (Å²) in [6.07, 6.45) is 3.81. The molecule has 0 saturated carbocycles. The maximum atomic E-state index is 12.6. The van der Waals surface area contributed by atoms with Gasteiger partial charge in [-0.3, -0.25) is 4.79 Å². The molecule has 3 nitrogen and oxygen atoms in total. The van der Waals surface area contributed by atoms with Gasteiger partial charge in [0.15, 0.2) is 0 Å². The first-order valence-electron chi connectivity index (χ1n) is 7.45. The Labute approximate surface area is 129 Å². The van der Waals surface area contributed by atoms with Crippen molar-refractivity contribution in [3.8, 4) is 0 Å². The van der Waals surface area contributed by atoms with Gasteiger partial charge in [-0.1, -0.05) is 35.0 Å². The van der Waals surface area contributed by atoms with Crippen molar-refractivity contribution in [1.29, 1.82) is 0 Å². The van der Waals surface area contributed by atoms with E-state index in [1.54, 1.807) is 0 Å². The third kappa shape index (κ3) is 4.32. The number of rotatable bonds is 5. The molecule has 1 aromatic rings. The van der Waals surface area contributed by atoms with E-state index in [1.807, 2.05) is 24.3 Å². The minimum atomic E-state index is 0.253. The zero-order chi connectivity index (χ0) is 14.4. The molecule has 4 heteroatoms. The molecule has 1 amide bonds. The Hall–Kier alpha value is -0.870. The highest BCUT2D eigenvalue weighted by atomic mass is 79.9. The van der Waals surface area contributed by atoms with Crippen molar-refractivity contribution < 1.29 is 4.79 Å². The molecule has 0 bridgehead atoms. The van der Waals surface area contributed by atoms with Crippen LogP contribution in [0.3, 0.4) is 0 Å². The van der Waals surface area contributed by atoms with E-state index in [2.05, 4.69) is 33.1 Å². The Morgan fingerprint density at radius 1 is 1.40 bits per heavy atom. The second kappa shape index (κ2) is 7.79. The molecule has 0 aliphatic carbocycles. The van der Waals surface area contributed by atoms with Crippen LogP contribution in [0.4, 0.5) is 0 Å². The lowest BCUT2D eigenvalue weighted by Gasteiger charge is -2.34. The Morgan fingerprint density at radius 2 is 2.15 bits per heavy atom. The molecule has 1 N–H and O–H groups in total. The lowest BCUT2D eigenvalue weighted by molar-refractivity contribution is -0.133. The molecular formula is C16H23BrN2O. The van der Waals surface area contributed by atoms with Gasteiger partial charge < -0.3 is 10.2 Å². The van der Waals surface area contributed by atoms with Crippen molar-refractivity contribution in [2.24, 2.45) is 0 Å². The van der Waals surface area contributed by atoms with Crippen LogP contribution in [0.5, 0.6) is 0 Å². The van der Waals surface area contributed by atoms with Crippen molar-refractivity contribution in [2.45, 2.75) is 38.6 Å². The first kappa shape index (κ1) is 15.5. The van der Waals surface area contributed by atoms with E-state index >= 15 is 0 Å². The summed E-state index contributed by atoms with van der Waals surface area (Å²) in [6, 6.07) is 8.40. The standard InChI is InChI=1S/C16H23BrN2O/c1-2-10-19(15-4-3-9-18-12-15)16(20)11-13-5-7-14(17)8-6-13/h5-8,15,18H,2-4,9-12H2,1H3. The molecule has 110 valence electrons. The molecule has 1 unspecified atom stereocenters. The highest BCUT2D eigenvalue weighted by Crippen LogP contribution is 2.15. The van der Waals surface area contributed by atoms with Crippen molar-refractivity contribution in [2.75, 3.05) is 19.6 Å². The predicted molar refractivity (Wildman–Crippen MR) is 85.7 cm³/mol. The van der Waals surface area contributed by atoms with E-state index in [-0.39, 0.29) is 5.91 Å². The summed E-state index contributed by atoms with van der Waals surface area (Å²) < 4.78 is 1.05. The smallest absolute Gasteiger partial charge is 0.227 e. The summed E-state index contributed by atoms with van der Waals surface area (Å²) in [5, 5.41) is 3.40. The van der Waals surface area contributed by atoms with Gasteiger partial charge in [0, 0.05) is 23.6 Å². The first-order valence-corrected chi connectivity index (χ1v) is 8.24. The molecule has 0 spiro atoms. The van der Waals surface area contributed by atoms with E-state index in [1.165, 1.54) is 0 Å². The van der Waals surface area contributed by atoms with Gasteiger partial charge >= 0.3 is 0 Å². The zero-order valence-corrected chi connectivity index (χ0v) is 13.7. The predicted octanol–water partition coefficient (Wildman–Crippen LogP) is 2.98. The number of carbonyl (C=O) groups is 1. The van der Waals surface area contributed by atoms with Crippen molar-refractivity contribution in [3.63, 3.8) is 0 Å². The van der Waals surface area contributed by atoms with Gasteiger partial charge in [-0.05, 0) is 43.5 Å². The Bertz CT molecular complexity index is 427. The molecule has 1 aromatic carbocycles. The Morgan fingerprint density at radius 3 is 2.75 bits per heavy atom. The molecule has 1 aliphatic heterocycles. The van der Waals surface area contributed by atoms with E-state index in [9.17, 15) is 4.79 Å².